The molecule has 1 saturated heterocycles. The van der Waals surface area contributed by atoms with E-state index in [1.165, 1.54) is 0 Å². The van der Waals surface area contributed by atoms with Gasteiger partial charge in [-0.25, -0.2) is 0 Å². The fourth-order valence-electron chi connectivity index (χ4n) is 1.54. The van der Waals surface area contributed by atoms with Gasteiger partial charge in [0.2, 0.25) is 0 Å². The number of rotatable bonds is 2. The maximum absolute atomic E-state index is 9.94. The summed E-state index contributed by atoms with van der Waals surface area (Å²) in [5.74, 6) is 0.735. The van der Waals surface area contributed by atoms with Crippen molar-refractivity contribution in [2.75, 3.05) is 13.2 Å². The van der Waals surface area contributed by atoms with E-state index in [1.54, 1.807) is 6.07 Å². The first-order chi connectivity index (χ1) is 6.68. The Hall–Kier alpha value is 0.160. The maximum atomic E-state index is 9.94. The lowest BCUT2D eigenvalue weighted by atomic mass is 10.0. The van der Waals surface area contributed by atoms with Crippen molar-refractivity contribution in [2.24, 2.45) is 5.92 Å². The molecule has 0 amide bonds. The lowest BCUT2D eigenvalue weighted by molar-refractivity contribution is 0.0731. The Morgan fingerprint density at radius 1 is 1.50 bits per heavy atom. The molecule has 2 rings (SSSR count). The Morgan fingerprint density at radius 2 is 2.29 bits per heavy atom. The predicted octanol–water partition coefficient (Wildman–Crippen LogP) is 2.87. The first kappa shape index (κ1) is 10.7. The van der Waals surface area contributed by atoms with Crippen LogP contribution in [0, 0.1) is 5.92 Å². The largest absolute Gasteiger partial charge is 0.450 e. The van der Waals surface area contributed by atoms with E-state index in [4.69, 9.17) is 9.15 Å². The third-order valence-electron chi connectivity index (χ3n) is 2.37. The van der Waals surface area contributed by atoms with Gasteiger partial charge >= 0.3 is 0 Å². The minimum absolute atomic E-state index is 0.153. The quantitative estimate of drug-likeness (QED) is 0.909. The number of aliphatic hydroxyl groups is 1. The van der Waals surface area contributed by atoms with Crippen LogP contribution in [0.5, 0.6) is 0 Å². The average molecular weight is 326 g/mol. The van der Waals surface area contributed by atoms with Crippen LogP contribution in [0.25, 0.3) is 0 Å². The molecule has 1 aromatic heterocycles. The van der Waals surface area contributed by atoms with Crippen LogP contribution in [0.4, 0.5) is 0 Å². The molecule has 1 N–H and O–H groups in total. The van der Waals surface area contributed by atoms with Crippen molar-refractivity contribution in [3.8, 4) is 0 Å². The zero-order valence-corrected chi connectivity index (χ0v) is 10.5. The SMILES string of the molecule is OC(c1cc(Br)c(Br)o1)C1CCOC1. The predicted molar refractivity (Wildman–Crippen MR) is 58.0 cm³/mol. The maximum Gasteiger partial charge on any atom is 0.183 e. The molecular weight excluding hydrogens is 316 g/mol. The summed E-state index contributed by atoms with van der Waals surface area (Å²) in [6.45, 7) is 1.34. The van der Waals surface area contributed by atoms with E-state index in [2.05, 4.69) is 31.9 Å². The summed E-state index contributed by atoms with van der Waals surface area (Å²) >= 11 is 6.55. The standard InChI is InChI=1S/C9H10Br2O3/c10-6-3-7(14-9(6)11)8(12)5-1-2-13-4-5/h3,5,8,12H,1-2,4H2. The monoisotopic (exact) mass is 324 g/mol. The highest BCUT2D eigenvalue weighted by atomic mass is 79.9. The van der Waals surface area contributed by atoms with Crippen LogP contribution >= 0.6 is 31.9 Å². The molecule has 0 bridgehead atoms. The molecular formula is C9H10Br2O3. The van der Waals surface area contributed by atoms with Crippen LogP contribution in [0.3, 0.4) is 0 Å². The Balaban J connectivity index is 2.13. The highest BCUT2D eigenvalue weighted by molar-refractivity contribution is 9.13. The lowest BCUT2D eigenvalue weighted by Crippen LogP contribution is -2.11. The minimum atomic E-state index is -0.569. The Labute approximate surface area is 98.7 Å². The van der Waals surface area contributed by atoms with Gasteiger partial charge in [0.1, 0.15) is 11.9 Å². The van der Waals surface area contributed by atoms with Crippen molar-refractivity contribution in [3.05, 3.63) is 21.0 Å². The lowest BCUT2D eigenvalue weighted by Gasteiger charge is -2.13. The summed E-state index contributed by atoms with van der Waals surface area (Å²) in [5.41, 5.74) is 0. The van der Waals surface area contributed by atoms with E-state index in [9.17, 15) is 5.11 Å². The van der Waals surface area contributed by atoms with Gasteiger partial charge in [0.05, 0.1) is 11.1 Å². The molecule has 78 valence electrons. The average Bonchev–Trinajstić information content (AvgIpc) is 2.76. The van der Waals surface area contributed by atoms with Crippen molar-refractivity contribution >= 4 is 31.9 Å². The van der Waals surface area contributed by atoms with Gasteiger partial charge in [-0.1, -0.05) is 0 Å². The summed E-state index contributed by atoms with van der Waals surface area (Å²) in [7, 11) is 0. The molecule has 0 aromatic carbocycles. The molecule has 0 spiro atoms. The summed E-state index contributed by atoms with van der Waals surface area (Å²) in [4.78, 5) is 0. The van der Waals surface area contributed by atoms with Gasteiger partial charge in [-0.3, -0.25) is 0 Å². The van der Waals surface area contributed by atoms with Crippen LogP contribution in [-0.2, 0) is 4.74 Å². The van der Waals surface area contributed by atoms with Gasteiger partial charge in [0.25, 0.3) is 0 Å². The molecule has 14 heavy (non-hydrogen) atoms. The van der Waals surface area contributed by atoms with Crippen molar-refractivity contribution in [3.63, 3.8) is 0 Å². The highest BCUT2D eigenvalue weighted by Gasteiger charge is 2.28. The first-order valence-electron chi connectivity index (χ1n) is 4.39. The topological polar surface area (TPSA) is 42.6 Å². The van der Waals surface area contributed by atoms with Crippen LogP contribution in [0.15, 0.2) is 19.6 Å². The van der Waals surface area contributed by atoms with Gasteiger partial charge in [0, 0.05) is 12.5 Å². The van der Waals surface area contributed by atoms with E-state index in [-0.39, 0.29) is 5.92 Å². The molecule has 1 aliphatic heterocycles. The van der Waals surface area contributed by atoms with E-state index >= 15 is 0 Å². The van der Waals surface area contributed by atoms with Crippen LogP contribution in [-0.4, -0.2) is 18.3 Å². The van der Waals surface area contributed by atoms with E-state index in [1.807, 2.05) is 0 Å². The third-order valence-corrected chi connectivity index (χ3v) is 4.08. The summed E-state index contributed by atoms with van der Waals surface area (Å²) in [6.07, 6.45) is 0.317. The number of hydrogen-bond donors (Lipinski definition) is 1. The second-order valence-corrected chi connectivity index (χ2v) is 4.91. The Kier molecular flexibility index (Phi) is 3.31. The number of ether oxygens (including phenoxy) is 1. The Bertz CT molecular complexity index is 298. The molecule has 2 unspecified atom stereocenters. The zero-order valence-electron chi connectivity index (χ0n) is 7.37. The highest BCUT2D eigenvalue weighted by Crippen LogP contribution is 2.34. The summed E-state index contributed by atoms with van der Waals surface area (Å²) < 4.78 is 12.0. The normalized spacial score (nSPS) is 24.1. The van der Waals surface area contributed by atoms with Crippen molar-refractivity contribution < 1.29 is 14.3 Å². The summed E-state index contributed by atoms with van der Waals surface area (Å²) in [5, 5.41) is 9.94. The molecule has 0 radical (unpaired) electrons. The fourth-order valence-corrected chi connectivity index (χ4v) is 2.15. The van der Waals surface area contributed by atoms with Gasteiger partial charge in [0.15, 0.2) is 4.67 Å². The summed E-state index contributed by atoms with van der Waals surface area (Å²) in [6, 6.07) is 1.78. The van der Waals surface area contributed by atoms with Crippen molar-refractivity contribution in [2.45, 2.75) is 12.5 Å². The zero-order chi connectivity index (χ0) is 10.1. The smallest absolute Gasteiger partial charge is 0.183 e. The van der Waals surface area contributed by atoms with Gasteiger partial charge in [-0.2, -0.15) is 0 Å². The molecule has 5 heteroatoms. The van der Waals surface area contributed by atoms with Gasteiger partial charge < -0.3 is 14.3 Å². The molecule has 2 atom stereocenters. The van der Waals surface area contributed by atoms with Crippen LogP contribution in [0.1, 0.15) is 18.3 Å². The van der Waals surface area contributed by atoms with E-state index in [0.29, 0.717) is 17.0 Å². The first-order valence-corrected chi connectivity index (χ1v) is 5.97. The Morgan fingerprint density at radius 3 is 2.79 bits per heavy atom. The third kappa shape index (κ3) is 2.05. The van der Waals surface area contributed by atoms with Gasteiger partial charge in [-0.05, 0) is 44.3 Å². The van der Waals surface area contributed by atoms with Crippen molar-refractivity contribution in [1.29, 1.82) is 0 Å². The number of furan rings is 1. The molecule has 1 aliphatic rings. The number of aliphatic hydroxyl groups excluding tert-OH is 1. The fraction of sp³-hybridized carbons (Fsp3) is 0.556. The van der Waals surface area contributed by atoms with E-state index < -0.39 is 6.10 Å². The minimum Gasteiger partial charge on any atom is -0.450 e. The number of halogens is 2. The molecule has 0 saturated carbocycles. The molecule has 3 nitrogen and oxygen atoms in total. The van der Waals surface area contributed by atoms with Crippen LogP contribution in [0.2, 0.25) is 0 Å². The second kappa shape index (κ2) is 4.35. The van der Waals surface area contributed by atoms with Crippen LogP contribution < -0.4 is 0 Å². The van der Waals surface area contributed by atoms with Gasteiger partial charge in [-0.15, -0.1) is 0 Å². The molecule has 1 aromatic rings. The van der Waals surface area contributed by atoms with E-state index in [0.717, 1.165) is 17.5 Å². The molecule has 1 fully saturated rings. The second-order valence-electron chi connectivity index (χ2n) is 3.34. The molecule has 0 aliphatic carbocycles. The molecule has 2 heterocycles. The van der Waals surface area contributed by atoms with Crippen molar-refractivity contribution in [1.82, 2.24) is 0 Å². The number of hydrogen-bond acceptors (Lipinski definition) is 3.